The Kier molecular flexibility index (Phi) is 3.85. The summed E-state index contributed by atoms with van der Waals surface area (Å²) in [6, 6.07) is 1.80. The van der Waals surface area contributed by atoms with Crippen molar-refractivity contribution in [2.45, 2.75) is 31.8 Å². The Morgan fingerprint density at radius 2 is 2.31 bits per heavy atom. The molecule has 0 spiro atoms. The number of aromatic nitrogens is 1. The SMILES string of the molecule is NC1CCCCN(Cc2cncc(F)c2)C1. The number of rotatable bonds is 2. The van der Waals surface area contributed by atoms with Gasteiger partial charge in [0, 0.05) is 25.3 Å². The Morgan fingerprint density at radius 3 is 3.12 bits per heavy atom. The van der Waals surface area contributed by atoms with Gasteiger partial charge in [-0.25, -0.2) is 4.39 Å². The molecule has 1 aromatic heterocycles. The van der Waals surface area contributed by atoms with Gasteiger partial charge in [0.05, 0.1) is 6.20 Å². The summed E-state index contributed by atoms with van der Waals surface area (Å²) in [6.07, 6.45) is 6.42. The smallest absolute Gasteiger partial charge is 0.141 e. The summed E-state index contributed by atoms with van der Waals surface area (Å²) in [5, 5.41) is 0. The van der Waals surface area contributed by atoms with Crippen LogP contribution < -0.4 is 5.73 Å². The molecule has 1 fully saturated rings. The van der Waals surface area contributed by atoms with Gasteiger partial charge in [-0.3, -0.25) is 9.88 Å². The van der Waals surface area contributed by atoms with E-state index in [4.69, 9.17) is 5.73 Å². The summed E-state index contributed by atoms with van der Waals surface area (Å²) in [5.41, 5.74) is 6.90. The summed E-state index contributed by atoms with van der Waals surface area (Å²) >= 11 is 0. The molecule has 2 N–H and O–H groups in total. The number of hydrogen-bond donors (Lipinski definition) is 1. The van der Waals surface area contributed by atoms with Crippen LogP contribution in [0, 0.1) is 5.82 Å². The van der Waals surface area contributed by atoms with Crippen molar-refractivity contribution in [1.82, 2.24) is 9.88 Å². The molecule has 2 rings (SSSR count). The first kappa shape index (κ1) is 11.5. The summed E-state index contributed by atoms with van der Waals surface area (Å²) in [5.74, 6) is -0.267. The molecule has 1 aliphatic heterocycles. The minimum Gasteiger partial charge on any atom is -0.327 e. The minimum absolute atomic E-state index is 0.254. The molecule has 1 aromatic rings. The number of likely N-dealkylation sites (tertiary alicyclic amines) is 1. The second kappa shape index (κ2) is 5.37. The van der Waals surface area contributed by atoms with Crippen molar-refractivity contribution in [1.29, 1.82) is 0 Å². The van der Waals surface area contributed by atoms with Crippen molar-refractivity contribution in [3.8, 4) is 0 Å². The molecule has 1 atom stereocenters. The first-order chi connectivity index (χ1) is 7.74. The van der Waals surface area contributed by atoms with Gasteiger partial charge < -0.3 is 5.73 Å². The van der Waals surface area contributed by atoms with E-state index in [2.05, 4.69) is 9.88 Å². The van der Waals surface area contributed by atoms with Gasteiger partial charge in [-0.15, -0.1) is 0 Å². The third-order valence-corrected chi connectivity index (χ3v) is 2.96. The predicted molar refractivity (Wildman–Crippen MR) is 61.3 cm³/mol. The van der Waals surface area contributed by atoms with Crippen molar-refractivity contribution in [3.05, 3.63) is 29.8 Å². The Labute approximate surface area is 95.5 Å². The van der Waals surface area contributed by atoms with E-state index < -0.39 is 0 Å². The van der Waals surface area contributed by atoms with Gasteiger partial charge in [-0.05, 0) is 31.0 Å². The summed E-state index contributed by atoms with van der Waals surface area (Å²) in [6.45, 7) is 2.69. The van der Waals surface area contributed by atoms with Gasteiger partial charge in [0.1, 0.15) is 5.82 Å². The van der Waals surface area contributed by atoms with Gasteiger partial charge in [-0.2, -0.15) is 0 Å². The Balaban J connectivity index is 1.97. The molecule has 2 heterocycles. The van der Waals surface area contributed by atoms with E-state index in [1.165, 1.54) is 19.0 Å². The Bertz CT molecular complexity index is 343. The van der Waals surface area contributed by atoms with Crippen molar-refractivity contribution in [2.75, 3.05) is 13.1 Å². The largest absolute Gasteiger partial charge is 0.327 e. The summed E-state index contributed by atoms with van der Waals surface area (Å²) in [4.78, 5) is 6.15. The van der Waals surface area contributed by atoms with Gasteiger partial charge in [0.25, 0.3) is 0 Å². The van der Waals surface area contributed by atoms with Crippen LogP contribution in [0.1, 0.15) is 24.8 Å². The molecule has 1 aliphatic rings. The van der Waals surface area contributed by atoms with Crippen molar-refractivity contribution in [2.24, 2.45) is 5.73 Å². The zero-order valence-electron chi connectivity index (χ0n) is 9.40. The molecule has 0 aromatic carbocycles. The molecule has 4 heteroatoms. The van der Waals surface area contributed by atoms with E-state index in [-0.39, 0.29) is 11.9 Å². The maximum absolute atomic E-state index is 13.0. The van der Waals surface area contributed by atoms with Gasteiger partial charge >= 0.3 is 0 Å². The first-order valence-electron chi connectivity index (χ1n) is 5.81. The van der Waals surface area contributed by atoms with Crippen LogP contribution in [0.15, 0.2) is 18.5 Å². The maximum Gasteiger partial charge on any atom is 0.141 e. The quantitative estimate of drug-likeness (QED) is 0.827. The molecule has 88 valence electrons. The lowest BCUT2D eigenvalue weighted by atomic mass is 10.1. The van der Waals surface area contributed by atoms with Crippen LogP contribution in [0.4, 0.5) is 4.39 Å². The highest BCUT2D eigenvalue weighted by Crippen LogP contribution is 2.12. The fourth-order valence-electron chi connectivity index (χ4n) is 2.20. The summed E-state index contributed by atoms with van der Waals surface area (Å²) in [7, 11) is 0. The molecule has 1 unspecified atom stereocenters. The van der Waals surface area contributed by atoms with E-state index >= 15 is 0 Å². The van der Waals surface area contributed by atoms with E-state index in [0.717, 1.165) is 31.6 Å². The number of halogens is 1. The lowest BCUT2D eigenvalue weighted by Crippen LogP contribution is -2.35. The van der Waals surface area contributed by atoms with E-state index in [0.29, 0.717) is 0 Å². The van der Waals surface area contributed by atoms with Crippen molar-refractivity contribution < 1.29 is 4.39 Å². The Hall–Kier alpha value is -1.00. The fraction of sp³-hybridized carbons (Fsp3) is 0.583. The minimum atomic E-state index is -0.267. The third-order valence-electron chi connectivity index (χ3n) is 2.96. The Morgan fingerprint density at radius 1 is 1.44 bits per heavy atom. The predicted octanol–water partition coefficient (Wildman–Crippen LogP) is 1.53. The van der Waals surface area contributed by atoms with Crippen LogP contribution in [0.25, 0.3) is 0 Å². The van der Waals surface area contributed by atoms with Gasteiger partial charge in [0.2, 0.25) is 0 Å². The molecule has 1 saturated heterocycles. The number of hydrogen-bond acceptors (Lipinski definition) is 3. The lowest BCUT2D eigenvalue weighted by Gasteiger charge is -2.22. The standard InChI is InChI=1S/C12H18FN3/c13-11-5-10(6-15-7-11)8-16-4-2-1-3-12(14)9-16/h5-7,12H,1-4,8-9,14H2. The number of pyridine rings is 1. The third kappa shape index (κ3) is 3.25. The van der Waals surface area contributed by atoms with Crippen LogP contribution in [-0.4, -0.2) is 29.0 Å². The molecule has 3 nitrogen and oxygen atoms in total. The topological polar surface area (TPSA) is 42.1 Å². The average molecular weight is 223 g/mol. The highest BCUT2D eigenvalue weighted by Gasteiger charge is 2.15. The van der Waals surface area contributed by atoms with E-state index in [9.17, 15) is 4.39 Å². The fourth-order valence-corrected chi connectivity index (χ4v) is 2.20. The van der Waals surface area contributed by atoms with Crippen LogP contribution in [-0.2, 0) is 6.54 Å². The molecule has 0 radical (unpaired) electrons. The maximum atomic E-state index is 13.0. The lowest BCUT2D eigenvalue weighted by molar-refractivity contribution is 0.264. The van der Waals surface area contributed by atoms with E-state index in [1.54, 1.807) is 12.3 Å². The average Bonchev–Trinajstić information content (AvgIpc) is 2.43. The van der Waals surface area contributed by atoms with Crippen molar-refractivity contribution >= 4 is 0 Å². The zero-order valence-corrected chi connectivity index (χ0v) is 9.40. The van der Waals surface area contributed by atoms with Crippen LogP contribution in [0.5, 0.6) is 0 Å². The van der Waals surface area contributed by atoms with Crippen LogP contribution in [0.2, 0.25) is 0 Å². The second-order valence-corrected chi connectivity index (χ2v) is 4.50. The monoisotopic (exact) mass is 223 g/mol. The molecule has 0 amide bonds. The van der Waals surface area contributed by atoms with Gasteiger partial charge in [-0.1, -0.05) is 6.42 Å². The second-order valence-electron chi connectivity index (χ2n) is 4.50. The normalized spacial score (nSPS) is 23.0. The molecule has 0 saturated carbocycles. The van der Waals surface area contributed by atoms with Crippen LogP contribution in [0.3, 0.4) is 0 Å². The molecule has 16 heavy (non-hydrogen) atoms. The highest BCUT2D eigenvalue weighted by atomic mass is 19.1. The molecule has 0 bridgehead atoms. The van der Waals surface area contributed by atoms with Gasteiger partial charge in [0.15, 0.2) is 0 Å². The molecule has 0 aliphatic carbocycles. The zero-order chi connectivity index (χ0) is 11.4. The molecular formula is C12H18FN3. The first-order valence-corrected chi connectivity index (χ1v) is 5.81. The summed E-state index contributed by atoms with van der Waals surface area (Å²) < 4.78 is 13.0. The highest BCUT2D eigenvalue weighted by molar-refractivity contribution is 5.10. The molecular weight excluding hydrogens is 205 g/mol. The van der Waals surface area contributed by atoms with E-state index in [1.807, 2.05) is 0 Å². The number of nitrogens with zero attached hydrogens (tertiary/aromatic N) is 2. The van der Waals surface area contributed by atoms with Crippen LogP contribution >= 0.6 is 0 Å². The number of nitrogens with two attached hydrogens (primary N) is 1. The van der Waals surface area contributed by atoms with Crippen molar-refractivity contribution in [3.63, 3.8) is 0 Å².